The monoisotopic (exact) mass is 852 g/mol. The Kier molecular flexibility index (Phi) is 38.2. The number of rotatable bonds is 40. The first-order valence-electron chi connectivity index (χ1n) is 22.0. The summed E-state index contributed by atoms with van der Waals surface area (Å²) in [6.07, 6.45) is 45.3. The summed E-state index contributed by atoms with van der Waals surface area (Å²) in [5.74, 6) is -2.49. The zero-order chi connectivity index (χ0) is 43.7. The summed E-state index contributed by atoms with van der Waals surface area (Å²) >= 11 is 0. The van der Waals surface area contributed by atoms with Crippen LogP contribution < -0.4 is 5.73 Å². The van der Waals surface area contributed by atoms with Gasteiger partial charge in [0.2, 0.25) is 0 Å². The number of carboxylic acids is 1. The Hall–Kier alpha value is -3.12. The number of phosphoric acid groups is 1. The molecule has 0 fully saturated rings. The van der Waals surface area contributed by atoms with Crippen LogP contribution in [0.25, 0.3) is 0 Å². The summed E-state index contributed by atoms with van der Waals surface area (Å²) in [6.45, 7) is 2.25. The molecule has 338 valence electrons. The molecule has 0 spiro atoms. The van der Waals surface area contributed by atoms with E-state index in [2.05, 4.69) is 72.2 Å². The molecule has 12 nitrogen and oxygen atoms in total. The quantitative estimate of drug-likeness (QED) is 0.0198. The van der Waals surface area contributed by atoms with Crippen LogP contribution in [-0.4, -0.2) is 71.1 Å². The number of aliphatic hydroxyl groups excluding tert-OH is 1. The van der Waals surface area contributed by atoms with E-state index < -0.39 is 51.1 Å². The average Bonchev–Trinajstić information content (AvgIpc) is 3.20. The largest absolute Gasteiger partial charge is 0.480 e. The van der Waals surface area contributed by atoms with E-state index in [1.165, 1.54) is 32.1 Å². The highest BCUT2D eigenvalue weighted by Gasteiger charge is 2.28. The molecule has 0 aromatic rings. The van der Waals surface area contributed by atoms with Gasteiger partial charge in [0.25, 0.3) is 0 Å². The number of hydrogen-bond acceptors (Lipinski definition) is 10. The fraction of sp³-hybridized carbons (Fsp3) is 0.674. The first-order valence-corrected chi connectivity index (χ1v) is 23.5. The number of phosphoric ester groups is 1. The molecule has 0 heterocycles. The molecule has 0 aliphatic rings. The van der Waals surface area contributed by atoms with E-state index >= 15 is 0 Å². The second-order valence-corrected chi connectivity index (χ2v) is 16.2. The zero-order valence-corrected chi connectivity index (χ0v) is 37.1. The van der Waals surface area contributed by atoms with Gasteiger partial charge in [0.15, 0.2) is 6.10 Å². The smallest absolute Gasteiger partial charge is 0.472 e. The fourth-order valence-electron chi connectivity index (χ4n) is 5.46. The molecule has 59 heavy (non-hydrogen) atoms. The number of nitrogens with two attached hydrogens (primary N) is 1. The highest BCUT2D eigenvalue weighted by molar-refractivity contribution is 7.47. The molecule has 0 saturated carbocycles. The third-order valence-electron chi connectivity index (χ3n) is 8.95. The summed E-state index contributed by atoms with van der Waals surface area (Å²) < 4.78 is 32.6. The Morgan fingerprint density at radius 2 is 1.03 bits per heavy atom. The van der Waals surface area contributed by atoms with Crippen molar-refractivity contribution in [2.45, 2.75) is 180 Å². The second-order valence-electron chi connectivity index (χ2n) is 14.8. The van der Waals surface area contributed by atoms with Crippen LogP contribution in [0.4, 0.5) is 0 Å². The van der Waals surface area contributed by atoms with Gasteiger partial charge in [0.1, 0.15) is 12.6 Å². The van der Waals surface area contributed by atoms with Gasteiger partial charge in [-0.25, -0.2) is 4.57 Å². The van der Waals surface area contributed by atoms with E-state index in [0.29, 0.717) is 19.3 Å². The maximum atomic E-state index is 12.6. The number of unbranched alkanes of at least 4 members (excludes halogenated alkanes) is 12. The van der Waals surface area contributed by atoms with E-state index in [1.807, 2.05) is 19.1 Å². The van der Waals surface area contributed by atoms with Crippen LogP contribution in [0.15, 0.2) is 72.9 Å². The third-order valence-corrected chi connectivity index (χ3v) is 9.90. The van der Waals surface area contributed by atoms with Crippen molar-refractivity contribution >= 4 is 25.7 Å². The average molecular weight is 852 g/mol. The molecule has 4 atom stereocenters. The lowest BCUT2D eigenvalue weighted by Gasteiger charge is -2.20. The van der Waals surface area contributed by atoms with Gasteiger partial charge in [-0.1, -0.05) is 125 Å². The molecule has 1 unspecified atom stereocenters. The predicted molar refractivity (Wildman–Crippen MR) is 237 cm³/mol. The van der Waals surface area contributed by atoms with Crippen molar-refractivity contribution in [3.63, 3.8) is 0 Å². The molecular weight excluding hydrogens is 773 g/mol. The van der Waals surface area contributed by atoms with Gasteiger partial charge in [-0.15, -0.1) is 0 Å². The minimum Gasteiger partial charge on any atom is -0.480 e. The second kappa shape index (κ2) is 40.3. The van der Waals surface area contributed by atoms with Crippen molar-refractivity contribution < 1.29 is 52.6 Å². The van der Waals surface area contributed by atoms with Gasteiger partial charge >= 0.3 is 25.7 Å². The standard InChI is InChI=1S/C46H78NO11P/c1-3-4-5-6-7-8-9-10-11-12-15-19-22-25-28-31-34-37-45(50)58-42(39-56-59(53,54)57-40-43(47)46(51)52)38-55-44(49)36-33-30-27-24-21-18-16-13-14-17-20-23-26-29-32-35-41(2)48/h7-8,10-11,14,16-18,23-24,26-27,41-43,48H,3-6,9,12-13,15,19-22,25,28-40,47H2,1-2H3,(H,51,52)(H,53,54)/b8-7-,11-10-,17-14-,18-16-,26-23-,27-24-/t41-,42-,43+/m1/s1. The Morgan fingerprint density at radius 3 is 1.56 bits per heavy atom. The summed E-state index contributed by atoms with van der Waals surface area (Å²) in [5, 5.41) is 18.2. The molecule has 0 radical (unpaired) electrons. The number of allylic oxidation sites excluding steroid dienone is 12. The van der Waals surface area contributed by atoms with Crippen LogP contribution in [0.1, 0.15) is 162 Å². The first kappa shape index (κ1) is 55.9. The van der Waals surface area contributed by atoms with Gasteiger partial charge in [-0.3, -0.25) is 23.4 Å². The van der Waals surface area contributed by atoms with Crippen LogP contribution in [0.5, 0.6) is 0 Å². The van der Waals surface area contributed by atoms with E-state index in [0.717, 1.165) is 83.5 Å². The predicted octanol–water partition coefficient (Wildman–Crippen LogP) is 10.7. The highest BCUT2D eigenvalue weighted by Crippen LogP contribution is 2.43. The highest BCUT2D eigenvalue weighted by atomic mass is 31.2. The van der Waals surface area contributed by atoms with Crippen molar-refractivity contribution in [3.05, 3.63) is 72.9 Å². The molecule has 0 rings (SSSR count). The van der Waals surface area contributed by atoms with E-state index in [1.54, 1.807) is 0 Å². The van der Waals surface area contributed by atoms with Crippen molar-refractivity contribution in [2.75, 3.05) is 19.8 Å². The molecule has 13 heteroatoms. The Morgan fingerprint density at radius 1 is 0.593 bits per heavy atom. The molecular formula is C46H78NO11P. The van der Waals surface area contributed by atoms with Gasteiger partial charge in [-0.2, -0.15) is 0 Å². The topological polar surface area (TPSA) is 192 Å². The Bertz CT molecular complexity index is 1290. The van der Waals surface area contributed by atoms with Crippen molar-refractivity contribution in [3.8, 4) is 0 Å². The lowest BCUT2D eigenvalue weighted by atomic mass is 10.1. The normalized spacial score (nSPS) is 14.9. The van der Waals surface area contributed by atoms with Crippen molar-refractivity contribution in [1.29, 1.82) is 0 Å². The molecule has 0 bridgehead atoms. The van der Waals surface area contributed by atoms with Crippen LogP contribution in [-0.2, 0) is 37.5 Å². The molecule has 0 saturated heterocycles. The van der Waals surface area contributed by atoms with E-state index in [-0.39, 0.29) is 25.6 Å². The maximum Gasteiger partial charge on any atom is 0.472 e. The third kappa shape index (κ3) is 41.4. The van der Waals surface area contributed by atoms with Gasteiger partial charge in [0, 0.05) is 12.8 Å². The lowest BCUT2D eigenvalue weighted by molar-refractivity contribution is -0.161. The lowest BCUT2D eigenvalue weighted by Crippen LogP contribution is -2.34. The molecule has 0 aromatic heterocycles. The number of hydrogen-bond donors (Lipinski definition) is 4. The summed E-state index contributed by atoms with van der Waals surface area (Å²) in [6, 6.07) is -1.54. The minimum absolute atomic E-state index is 0.129. The van der Waals surface area contributed by atoms with Crippen molar-refractivity contribution in [1.82, 2.24) is 0 Å². The molecule has 0 amide bonds. The summed E-state index contributed by atoms with van der Waals surface area (Å²) in [7, 11) is -4.74. The Balaban J connectivity index is 4.47. The zero-order valence-electron chi connectivity index (χ0n) is 36.2. The molecule has 0 aliphatic carbocycles. The number of carbonyl (C=O) groups is 3. The van der Waals surface area contributed by atoms with Crippen LogP contribution in [0.2, 0.25) is 0 Å². The summed E-state index contributed by atoms with van der Waals surface area (Å²) in [5.41, 5.74) is 5.33. The summed E-state index contributed by atoms with van der Waals surface area (Å²) in [4.78, 5) is 46.0. The Labute approximate surface area is 355 Å². The number of carboxylic acid groups (broad SMARTS) is 1. The number of aliphatic carboxylic acids is 1. The van der Waals surface area contributed by atoms with Gasteiger partial charge in [0.05, 0.1) is 19.3 Å². The molecule has 0 aromatic carbocycles. The van der Waals surface area contributed by atoms with Crippen LogP contribution >= 0.6 is 7.82 Å². The van der Waals surface area contributed by atoms with E-state index in [4.69, 9.17) is 24.8 Å². The number of ether oxygens (including phenoxy) is 2. The molecule has 5 N–H and O–H groups in total. The number of carbonyl (C=O) groups excluding carboxylic acids is 2. The van der Waals surface area contributed by atoms with Gasteiger partial charge < -0.3 is 30.3 Å². The number of aliphatic hydroxyl groups is 1. The molecule has 0 aliphatic heterocycles. The number of esters is 2. The first-order chi connectivity index (χ1) is 28.5. The van der Waals surface area contributed by atoms with Crippen molar-refractivity contribution in [2.24, 2.45) is 5.73 Å². The van der Waals surface area contributed by atoms with Crippen LogP contribution in [0.3, 0.4) is 0 Å². The fourth-order valence-corrected chi connectivity index (χ4v) is 6.24. The minimum atomic E-state index is -4.74. The SMILES string of the molecule is CCCCC/C=C\C/C=C\CCCCCCCCCC(=O)O[C@H](COC(=O)CCC/C=C\C/C=C\C/C=C\C/C=C\CCC[C@@H](C)O)COP(=O)(O)OC[C@H](N)C(=O)O. The van der Waals surface area contributed by atoms with Gasteiger partial charge in [-0.05, 0) is 96.8 Å². The maximum absolute atomic E-state index is 12.6. The van der Waals surface area contributed by atoms with Crippen LogP contribution in [0, 0.1) is 0 Å². The van der Waals surface area contributed by atoms with E-state index in [9.17, 15) is 28.9 Å².